The van der Waals surface area contributed by atoms with E-state index < -0.39 is 0 Å². The van der Waals surface area contributed by atoms with Crippen molar-refractivity contribution < 1.29 is 4.79 Å². The fourth-order valence-electron chi connectivity index (χ4n) is 4.46. The maximum absolute atomic E-state index is 13.4. The molecule has 3 aromatic rings. The van der Waals surface area contributed by atoms with Crippen molar-refractivity contribution in [3.8, 4) is 11.4 Å². The van der Waals surface area contributed by atoms with Crippen molar-refractivity contribution in [2.24, 2.45) is 5.92 Å². The van der Waals surface area contributed by atoms with Gasteiger partial charge in [0.25, 0.3) is 0 Å². The highest BCUT2D eigenvalue weighted by molar-refractivity contribution is 6.30. The standard InChI is InChI=1S/C27H34ClN5O2/c1-19(2)29-26(34)18-25-30-33(27(35)32(25)24-6-4-5-22(28)17-24)23-9-7-21(8-10-23)13-16-31-14-11-20(3)12-15-31/h4-10,17,19-20H,11-16,18H2,1-3H3,(H,29,34). The predicted octanol–water partition coefficient (Wildman–Crippen LogP) is 4.02. The number of nitrogens with zero attached hydrogens (tertiary/aromatic N) is 4. The number of likely N-dealkylation sites (tertiary alicyclic amines) is 1. The second kappa shape index (κ2) is 11.2. The molecule has 0 bridgehead atoms. The Hall–Kier alpha value is -2.90. The lowest BCUT2D eigenvalue weighted by Crippen LogP contribution is -2.34. The van der Waals surface area contributed by atoms with Gasteiger partial charge in [0, 0.05) is 17.6 Å². The van der Waals surface area contributed by atoms with E-state index in [2.05, 4.69) is 34.4 Å². The van der Waals surface area contributed by atoms with Gasteiger partial charge in [-0.05, 0) is 88.0 Å². The molecule has 1 saturated heterocycles. The molecule has 0 saturated carbocycles. The van der Waals surface area contributed by atoms with Crippen molar-refractivity contribution in [2.75, 3.05) is 19.6 Å². The summed E-state index contributed by atoms with van der Waals surface area (Å²) in [5.74, 6) is 0.999. The number of amides is 1. The van der Waals surface area contributed by atoms with E-state index in [1.807, 2.05) is 26.0 Å². The Bertz CT molecular complexity index is 1210. The molecule has 1 aliphatic rings. The molecule has 1 fully saturated rings. The van der Waals surface area contributed by atoms with Crippen LogP contribution in [0.15, 0.2) is 53.3 Å². The third kappa shape index (κ3) is 6.41. The number of carbonyl (C=O) groups excluding carboxylic acids is 1. The Morgan fingerprint density at radius 2 is 1.83 bits per heavy atom. The average molecular weight is 496 g/mol. The summed E-state index contributed by atoms with van der Waals surface area (Å²) in [6.07, 6.45) is 3.50. The lowest BCUT2D eigenvalue weighted by molar-refractivity contribution is -0.121. The molecule has 1 aliphatic heterocycles. The minimum absolute atomic E-state index is 0.00295. The summed E-state index contributed by atoms with van der Waals surface area (Å²) >= 11 is 6.18. The first-order chi connectivity index (χ1) is 16.8. The van der Waals surface area contributed by atoms with Crippen LogP contribution in [0.2, 0.25) is 5.02 Å². The number of benzene rings is 2. The molecule has 0 aliphatic carbocycles. The SMILES string of the molecule is CC1CCN(CCc2ccc(-n3nc(CC(=O)NC(C)C)n(-c4cccc(Cl)c4)c3=O)cc2)CC1. The van der Waals surface area contributed by atoms with Gasteiger partial charge >= 0.3 is 5.69 Å². The highest BCUT2D eigenvalue weighted by atomic mass is 35.5. The zero-order valence-corrected chi connectivity index (χ0v) is 21.5. The van der Waals surface area contributed by atoms with Crippen LogP contribution in [0.4, 0.5) is 0 Å². The van der Waals surface area contributed by atoms with Gasteiger partial charge in [0.15, 0.2) is 0 Å². The molecule has 1 amide bonds. The average Bonchev–Trinajstić information content (AvgIpc) is 3.14. The van der Waals surface area contributed by atoms with Crippen molar-refractivity contribution in [1.29, 1.82) is 0 Å². The predicted molar refractivity (Wildman–Crippen MR) is 140 cm³/mol. The molecule has 35 heavy (non-hydrogen) atoms. The molecular weight excluding hydrogens is 462 g/mol. The Kier molecular flexibility index (Phi) is 8.08. The van der Waals surface area contributed by atoms with Crippen molar-refractivity contribution in [1.82, 2.24) is 24.6 Å². The Balaban J connectivity index is 1.57. The third-order valence-corrected chi connectivity index (χ3v) is 6.69. The first-order valence-electron chi connectivity index (χ1n) is 12.4. The molecule has 0 atom stereocenters. The minimum Gasteiger partial charge on any atom is -0.354 e. The number of halogens is 1. The second-order valence-electron chi connectivity index (χ2n) is 9.77. The maximum atomic E-state index is 13.4. The second-order valence-corrected chi connectivity index (χ2v) is 10.2. The molecule has 0 radical (unpaired) electrons. The van der Waals surface area contributed by atoms with Gasteiger partial charge in [-0.25, -0.2) is 9.36 Å². The van der Waals surface area contributed by atoms with E-state index in [9.17, 15) is 9.59 Å². The zero-order chi connectivity index (χ0) is 24.9. The van der Waals surface area contributed by atoms with Gasteiger partial charge in [-0.15, -0.1) is 5.10 Å². The van der Waals surface area contributed by atoms with E-state index in [1.165, 1.54) is 40.7 Å². The Morgan fingerprint density at radius 3 is 2.49 bits per heavy atom. The number of nitrogens with one attached hydrogen (secondary N) is 1. The van der Waals surface area contributed by atoms with E-state index in [1.54, 1.807) is 24.3 Å². The molecule has 2 aromatic carbocycles. The van der Waals surface area contributed by atoms with Gasteiger partial charge < -0.3 is 10.2 Å². The van der Waals surface area contributed by atoms with Crippen LogP contribution in [0.5, 0.6) is 0 Å². The monoisotopic (exact) mass is 495 g/mol. The lowest BCUT2D eigenvalue weighted by atomic mass is 9.99. The summed E-state index contributed by atoms with van der Waals surface area (Å²) in [4.78, 5) is 28.4. The van der Waals surface area contributed by atoms with Crippen LogP contribution in [0.3, 0.4) is 0 Å². The fourth-order valence-corrected chi connectivity index (χ4v) is 4.64. The van der Waals surface area contributed by atoms with E-state index in [-0.39, 0.29) is 24.1 Å². The molecule has 0 unspecified atom stereocenters. The summed E-state index contributed by atoms with van der Waals surface area (Å²) in [5.41, 5.74) is 2.13. The molecule has 0 spiro atoms. The summed E-state index contributed by atoms with van der Waals surface area (Å²) in [6.45, 7) is 9.51. The van der Waals surface area contributed by atoms with E-state index in [0.29, 0.717) is 22.2 Å². The maximum Gasteiger partial charge on any atom is 0.355 e. The third-order valence-electron chi connectivity index (χ3n) is 6.45. The summed E-state index contributed by atoms with van der Waals surface area (Å²) in [6, 6.07) is 14.9. The van der Waals surface area contributed by atoms with Crippen LogP contribution < -0.4 is 11.0 Å². The normalized spacial score (nSPS) is 15.0. The summed E-state index contributed by atoms with van der Waals surface area (Å²) in [5, 5.41) is 7.92. The van der Waals surface area contributed by atoms with Crippen LogP contribution in [-0.2, 0) is 17.6 Å². The van der Waals surface area contributed by atoms with Gasteiger partial charge in [-0.2, -0.15) is 4.68 Å². The number of aromatic nitrogens is 3. The summed E-state index contributed by atoms with van der Waals surface area (Å²) in [7, 11) is 0. The number of piperidine rings is 1. The highest BCUT2D eigenvalue weighted by Crippen LogP contribution is 2.18. The fraction of sp³-hybridized carbons (Fsp3) is 0.444. The Labute approximate surface area is 211 Å². The minimum atomic E-state index is -0.338. The molecule has 8 heteroatoms. The van der Waals surface area contributed by atoms with Gasteiger partial charge in [0.2, 0.25) is 5.91 Å². The first kappa shape index (κ1) is 25.2. The molecule has 186 valence electrons. The summed E-state index contributed by atoms with van der Waals surface area (Å²) < 4.78 is 2.81. The van der Waals surface area contributed by atoms with E-state index >= 15 is 0 Å². The highest BCUT2D eigenvalue weighted by Gasteiger charge is 2.20. The van der Waals surface area contributed by atoms with E-state index in [0.717, 1.165) is 18.9 Å². The molecule has 4 rings (SSSR count). The van der Waals surface area contributed by atoms with Crippen LogP contribution in [0, 0.1) is 5.92 Å². The topological polar surface area (TPSA) is 72.2 Å². The Morgan fingerprint density at radius 1 is 1.11 bits per heavy atom. The molecule has 7 nitrogen and oxygen atoms in total. The first-order valence-corrected chi connectivity index (χ1v) is 12.8. The number of rotatable bonds is 8. The van der Waals surface area contributed by atoms with Crippen molar-refractivity contribution in [3.05, 3.63) is 75.4 Å². The molecule has 2 heterocycles. The molecular formula is C27H34ClN5O2. The van der Waals surface area contributed by atoms with Gasteiger partial charge in [-0.1, -0.05) is 36.7 Å². The molecule has 1 aromatic heterocycles. The van der Waals surface area contributed by atoms with Crippen molar-refractivity contribution >= 4 is 17.5 Å². The lowest BCUT2D eigenvalue weighted by Gasteiger charge is -2.30. The largest absolute Gasteiger partial charge is 0.355 e. The van der Waals surface area contributed by atoms with Gasteiger partial charge in [0.1, 0.15) is 5.82 Å². The van der Waals surface area contributed by atoms with Crippen LogP contribution in [-0.4, -0.2) is 50.8 Å². The van der Waals surface area contributed by atoms with Crippen molar-refractivity contribution in [3.63, 3.8) is 0 Å². The van der Waals surface area contributed by atoms with Gasteiger partial charge in [0.05, 0.1) is 17.8 Å². The smallest absolute Gasteiger partial charge is 0.354 e. The quantitative estimate of drug-likeness (QED) is 0.512. The number of carbonyl (C=O) groups is 1. The van der Waals surface area contributed by atoms with Crippen LogP contribution in [0.25, 0.3) is 11.4 Å². The number of hydrogen-bond acceptors (Lipinski definition) is 4. The van der Waals surface area contributed by atoms with Gasteiger partial charge in [-0.3, -0.25) is 4.79 Å². The van der Waals surface area contributed by atoms with Crippen molar-refractivity contribution in [2.45, 2.75) is 52.5 Å². The molecule has 1 N–H and O–H groups in total. The van der Waals surface area contributed by atoms with Crippen LogP contribution >= 0.6 is 11.6 Å². The van der Waals surface area contributed by atoms with E-state index in [4.69, 9.17) is 11.6 Å². The zero-order valence-electron chi connectivity index (χ0n) is 20.7. The number of hydrogen-bond donors (Lipinski definition) is 1. The van der Waals surface area contributed by atoms with Crippen LogP contribution in [0.1, 0.15) is 45.0 Å².